The smallest absolute Gasteiger partial charge is 0.241 e. The van der Waals surface area contributed by atoms with Gasteiger partial charge in [-0.2, -0.15) is 0 Å². The fraction of sp³-hybridized carbons (Fsp3) is 0.450. The quantitative estimate of drug-likeness (QED) is 0.804. The molecule has 0 radical (unpaired) electrons. The molecule has 0 saturated carbocycles. The van der Waals surface area contributed by atoms with Gasteiger partial charge in [0, 0.05) is 11.7 Å². The molecule has 0 aliphatic carbocycles. The Morgan fingerprint density at radius 2 is 1.81 bits per heavy atom. The molecule has 2 saturated heterocycles. The van der Waals surface area contributed by atoms with Gasteiger partial charge in [-0.1, -0.05) is 26.0 Å². The zero-order chi connectivity index (χ0) is 19.2. The fourth-order valence-electron chi connectivity index (χ4n) is 4.09. The Morgan fingerprint density at radius 3 is 2.44 bits per heavy atom. The Balaban J connectivity index is 1.65. The first-order valence-corrected chi connectivity index (χ1v) is 11.0. The predicted molar refractivity (Wildman–Crippen MR) is 103 cm³/mol. The van der Waals surface area contributed by atoms with Crippen LogP contribution in [0, 0.1) is 0 Å². The van der Waals surface area contributed by atoms with Crippen LogP contribution in [-0.2, 0) is 21.2 Å². The number of nitrogens with zero attached hydrogens (tertiary/aromatic N) is 2. The molecule has 2 aliphatic rings. The molecule has 3 heterocycles. The Hall–Kier alpha value is -2.12. The molecule has 4 rings (SSSR count). The second-order valence-electron chi connectivity index (χ2n) is 7.71. The summed E-state index contributed by atoms with van der Waals surface area (Å²) < 4.78 is 30.2. The van der Waals surface area contributed by atoms with E-state index in [1.165, 1.54) is 5.56 Å². The SMILES string of the molecule is CC(C)c1ccc(N2C(=O)CN(Cc3ccco3)C3CS(=O)(=O)CC32)cc1. The van der Waals surface area contributed by atoms with E-state index in [9.17, 15) is 13.2 Å². The number of anilines is 1. The van der Waals surface area contributed by atoms with Crippen molar-refractivity contribution in [2.45, 2.75) is 38.4 Å². The lowest BCUT2D eigenvalue weighted by molar-refractivity contribution is -0.123. The summed E-state index contributed by atoms with van der Waals surface area (Å²) in [5, 5.41) is 0. The number of amides is 1. The molecule has 144 valence electrons. The standard InChI is InChI=1S/C20H24N2O4S/c1-14(2)15-5-7-16(8-6-15)22-19-13-27(24,25)12-18(19)21(11-20(22)23)10-17-4-3-9-26-17/h3-9,14,18-19H,10-13H2,1-2H3. The van der Waals surface area contributed by atoms with Gasteiger partial charge in [0.2, 0.25) is 5.91 Å². The van der Waals surface area contributed by atoms with Crippen molar-refractivity contribution >= 4 is 21.4 Å². The number of furan rings is 1. The summed E-state index contributed by atoms with van der Waals surface area (Å²) in [6, 6.07) is 10.9. The van der Waals surface area contributed by atoms with E-state index in [1.807, 2.05) is 35.2 Å². The van der Waals surface area contributed by atoms with Gasteiger partial charge in [-0.05, 0) is 35.7 Å². The summed E-state index contributed by atoms with van der Waals surface area (Å²) in [6.07, 6.45) is 1.59. The molecule has 0 spiro atoms. The van der Waals surface area contributed by atoms with Crippen molar-refractivity contribution in [1.29, 1.82) is 0 Å². The van der Waals surface area contributed by atoms with Gasteiger partial charge in [0.05, 0.1) is 36.9 Å². The molecule has 6 nitrogen and oxygen atoms in total. The number of hydrogen-bond donors (Lipinski definition) is 0. The zero-order valence-electron chi connectivity index (χ0n) is 15.5. The molecule has 1 aromatic carbocycles. The largest absolute Gasteiger partial charge is 0.468 e. The maximum atomic E-state index is 13.0. The fourth-order valence-corrected chi connectivity index (χ4v) is 6.07. The Morgan fingerprint density at radius 1 is 1.11 bits per heavy atom. The Labute approximate surface area is 159 Å². The van der Waals surface area contributed by atoms with Crippen LogP contribution in [0.4, 0.5) is 5.69 Å². The van der Waals surface area contributed by atoms with E-state index < -0.39 is 9.84 Å². The normalized spacial score (nSPS) is 25.1. The number of rotatable bonds is 4. The third kappa shape index (κ3) is 3.53. The van der Waals surface area contributed by atoms with Crippen molar-refractivity contribution in [3.63, 3.8) is 0 Å². The maximum absolute atomic E-state index is 13.0. The van der Waals surface area contributed by atoms with Crippen molar-refractivity contribution in [2.75, 3.05) is 23.0 Å². The average Bonchev–Trinajstić information content (AvgIpc) is 3.22. The van der Waals surface area contributed by atoms with Gasteiger partial charge >= 0.3 is 0 Å². The monoisotopic (exact) mass is 388 g/mol. The summed E-state index contributed by atoms with van der Waals surface area (Å²) in [6.45, 7) is 4.86. The molecule has 0 bridgehead atoms. The van der Waals surface area contributed by atoms with E-state index >= 15 is 0 Å². The highest BCUT2D eigenvalue weighted by Crippen LogP contribution is 2.33. The Kier molecular flexibility index (Phi) is 4.60. The third-order valence-corrected chi connectivity index (χ3v) is 7.18. The predicted octanol–water partition coefficient (Wildman–Crippen LogP) is 2.42. The summed E-state index contributed by atoms with van der Waals surface area (Å²) in [5.41, 5.74) is 1.97. The van der Waals surface area contributed by atoms with Crippen LogP contribution in [-0.4, -0.2) is 49.4 Å². The minimum Gasteiger partial charge on any atom is -0.468 e. The molecule has 7 heteroatoms. The second-order valence-corrected chi connectivity index (χ2v) is 9.86. The summed E-state index contributed by atoms with van der Waals surface area (Å²) in [4.78, 5) is 16.6. The lowest BCUT2D eigenvalue weighted by Crippen LogP contribution is -2.61. The number of piperazine rings is 1. The molecular weight excluding hydrogens is 364 g/mol. The highest BCUT2D eigenvalue weighted by atomic mass is 32.2. The van der Waals surface area contributed by atoms with Crippen LogP contribution in [0.1, 0.15) is 31.1 Å². The number of sulfone groups is 1. The maximum Gasteiger partial charge on any atom is 0.241 e. The van der Waals surface area contributed by atoms with E-state index in [4.69, 9.17) is 4.42 Å². The van der Waals surface area contributed by atoms with Crippen molar-refractivity contribution in [1.82, 2.24) is 4.90 Å². The van der Waals surface area contributed by atoms with Crippen molar-refractivity contribution < 1.29 is 17.6 Å². The van der Waals surface area contributed by atoms with E-state index in [-0.39, 0.29) is 36.0 Å². The van der Waals surface area contributed by atoms with Crippen LogP contribution in [0.15, 0.2) is 47.1 Å². The lowest BCUT2D eigenvalue weighted by atomic mass is 10.00. The molecule has 2 atom stereocenters. The van der Waals surface area contributed by atoms with E-state index in [1.54, 1.807) is 17.2 Å². The summed E-state index contributed by atoms with van der Waals surface area (Å²) in [5.74, 6) is 1.15. The minimum absolute atomic E-state index is 0.00396. The lowest BCUT2D eigenvalue weighted by Gasteiger charge is -2.43. The second kappa shape index (κ2) is 6.80. The first-order valence-electron chi connectivity index (χ1n) is 9.23. The number of hydrogen-bond acceptors (Lipinski definition) is 5. The summed E-state index contributed by atoms with van der Waals surface area (Å²) in [7, 11) is -3.19. The van der Waals surface area contributed by atoms with Gasteiger partial charge in [0.1, 0.15) is 5.76 Å². The number of carbonyl (C=O) groups is 1. The van der Waals surface area contributed by atoms with Gasteiger partial charge in [-0.25, -0.2) is 8.42 Å². The summed E-state index contributed by atoms with van der Waals surface area (Å²) >= 11 is 0. The molecule has 1 aromatic heterocycles. The van der Waals surface area contributed by atoms with Crippen LogP contribution in [0.5, 0.6) is 0 Å². The molecule has 2 aliphatic heterocycles. The highest BCUT2D eigenvalue weighted by molar-refractivity contribution is 7.91. The minimum atomic E-state index is -3.19. The van der Waals surface area contributed by atoms with Crippen LogP contribution in [0.2, 0.25) is 0 Å². The Bertz CT molecular complexity index is 919. The van der Waals surface area contributed by atoms with Gasteiger partial charge in [0.15, 0.2) is 9.84 Å². The van der Waals surface area contributed by atoms with Crippen LogP contribution >= 0.6 is 0 Å². The van der Waals surface area contributed by atoms with Crippen LogP contribution in [0.25, 0.3) is 0 Å². The van der Waals surface area contributed by atoms with Crippen molar-refractivity contribution in [2.24, 2.45) is 0 Å². The molecule has 1 amide bonds. The zero-order valence-corrected chi connectivity index (χ0v) is 16.4. The first kappa shape index (κ1) is 18.3. The highest BCUT2D eigenvalue weighted by Gasteiger charge is 2.49. The van der Waals surface area contributed by atoms with Gasteiger partial charge < -0.3 is 9.32 Å². The topological polar surface area (TPSA) is 70.8 Å². The average molecular weight is 388 g/mol. The molecule has 0 N–H and O–H groups in total. The third-order valence-electron chi connectivity index (χ3n) is 5.48. The number of fused-ring (bicyclic) bond motifs is 1. The molecule has 2 aromatic rings. The number of benzene rings is 1. The number of carbonyl (C=O) groups excluding carboxylic acids is 1. The van der Waals surface area contributed by atoms with Gasteiger partial charge in [0.25, 0.3) is 0 Å². The van der Waals surface area contributed by atoms with Gasteiger partial charge in [-0.15, -0.1) is 0 Å². The van der Waals surface area contributed by atoms with Crippen molar-refractivity contribution in [3.8, 4) is 0 Å². The van der Waals surface area contributed by atoms with Crippen LogP contribution < -0.4 is 4.90 Å². The first-order chi connectivity index (χ1) is 12.8. The van der Waals surface area contributed by atoms with E-state index in [0.717, 1.165) is 11.4 Å². The van der Waals surface area contributed by atoms with Crippen LogP contribution in [0.3, 0.4) is 0 Å². The molecule has 27 heavy (non-hydrogen) atoms. The van der Waals surface area contributed by atoms with E-state index in [0.29, 0.717) is 12.5 Å². The molecule has 2 unspecified atom stereocenters. The van der Waals surface area contributed by atoms with E-state index in [2.05, 4.69) is 13.8 Å². The van der Waals surface area contributed by atoms with Crippen molar-refractivity contribution in [3.05, 3.63) is 54.0 Å². The van der Waals surface area contributed by atoms with Gasteiger partial charge in [-0.3, -0.25) is 9.69 Å². The molecular formula is C20H24N2O4S. The molecule has 2 fully saturated rings.